The maximum Gasteiger partial charge on any atom is 0.233 e. The Hall–Kier alpha value is -1.66. The number of nitrogens with two attached hydrogens (primary N) is 1. The van der Waals surface area contributed by atoms with Gasteiger partial charge in [0.25, 0.3) is 0 Å². The summed E-state index contributed by atoms with van der Waals surface area (Å²) in [5.74, 6) is 1.13. The highest BCUT2D eigenvalue weighted by Crippen LogP contribution is 2.29. The van der Waals surface area contributed by atoms with Gasteiger partial charge in [-0.3, -0.25) is 0 Å². The fourth-order valence-corrected chi connectivity index (χ4v) is 2.41. The number of aromatic nitrogens is 2. The highest BCUT2D eigenvalue weighted by atomic mass is 79.9. The number of hydrogen-bond donors (Lipinski definition) is 1. The second-order valence-corrected chi connectivity index (χ2v) is 5.46. The van der Waals surface area contributed by atoms with Gasteiger partial charge in [0.15, 0.2) is 0 Å². The molecule has 0 aliphatic carbocycles. The molecular formula is C15H19BrN4O. The van der Waals surface area contributed by atoms with Crippen molar-refractivity contribution in [2.75, 3.05) is 25.1 Å². The van der Waals surface area contributed by atoms with Crippen LogP contribution in [0.5, 0.6) is 5.88 Å². The average Bonchev–Trinajstić information content (AvgIpc) is 2.50. The van der Waals surface area contributed by atoms with Crippen LogP contribution in [0.3, 0.4) is 0 Å². The number of anilines is 2. The fourth-order valence-electron chi connectivity index (χ4n) is 2.06. The number of aryl methyl sites for hydroxylation is 1. The molecule has 112 valence electrons. The molecule has 0 saturated carbocycles. The number of benzene rings is 1. The third kappa shape index (κ3) is 3.71. The summed E-state index contributed by atoms with van der Waals surface area (Å²) in [6.07, 6.45) is 2.56. The van der Waals surface area contributed by atoms with Gasteiger partial charge in [-0.15, -0.1) is 0 Å². The molecule has 2 N–H and O–H groups in total. The van der Waals surface area contributed by atoms with Crippen molar-refractivity contribution in [1.29, 1.82) is 0 Å². The van der Waals surface area contributed by atoms with E-state index < -0.39 is 0 Å². The van der Waals surface area contributed by atoms with E-state index >= 15 is 0 Å². The number of methoxy groups -OCH3 is 1. The number of ether oxygens (including phenoxy) is 1. The zero-order valence-corrected chi connectivity index (χ0v) is 13.8. The van der Waals surface area contributed by atoms with E-state index in [0.29, 0.717) is 18.4 Å². The number of halogens is 1. The Morgan fingerprint density at radius 1 is 1.33 bits per heavy atom. The standard InChI is InChI=1S/C15H19BrN4O/c1-11-6-3-4-7-13(11)20(9-5-8-17)15-18-10-12(16)14(19-15)21-2/h3-4,6-7,10H,5,8-9,17H2,1-2H3. The lowest BCUT2D eigenvalue weighted by molar-refractivity contribution is 0.394. The molecule has 0 amide bonds. The normalized spacial score (nSPS) is 10.5. The zero-order chi connectivity index (χ0) is 15.2. The van der Waals surface area contributed by atoms with Crippen molar-refractivity contribution in [3.8, 4) is 5.88 Å². The molecule has 2 aromatic rings. The third-order valence-electron chi connectivity index (χ3n) is 3.13. The van der Waals surface area contributed by atoms with E-state index in [1.807, 2.05) is 12.1 Å². The largest absolute Gasteiger partial charge is 0.480 e. The summed E-state index contributed by atoms with van der Waals surface area (Å²) < 4.78 is 5.99. The number of nitrogens with zero attached hydrogens (tertiary/aromatic N) is 3. The summed E-state index contributed by atoms with van der Waals surface area (Å²) in [7, 11) is 1.59. The molecule has 5 nitrogen and oxygen atoms in total. The molecule has 2 rings (SSSR count). The Morgan fingerprint density at radius 2 is 2.10 bits per heavy atom. The second kappa shape index (κ2) is 7.38. The van der Waals surface area contributed by atoms with Gasteiger partial charge in [-0.1, -0.05) is 18.2 Å². The Morgan fingerprint density at radius 3 is 2.76 bits per heavy atom. The summed E-state index contributed by atoms with van der Waals surface area (Å²) in [6.45, 7) is 3.45. The first-order valence-electron chi connectivity index (χ1n) is 6.77. The van der Waals surface area contributed by atoms with E-state index in [2.05, 4.69) is 49.9 Å². The van der Waals surface area contributed by atoms with E-state index in [0.717, 1.165) is 23.1 Å². The van der Waals surface area contributed by atoms with Crippen molar-refractivity contribution in [1.82, 2.24) is 9.97 Å². The summed E-state index contributed by atoms with van der Waals surface area (Å²) in [5, 5.41) is 0. The minimum Gasteiger partial charge on any atom is -0.480 e. The molecule has 0 radical (unpaired) electrons. The van der Waals surface area contributed by atoms with Crippen LogP contribution in [0, 0.1) is 6.92 Å². The SMILES string of the molecule is COc1nc(N(CCCN)c2ccccc2C)ncc1Br. The lowest BCUT2D eigenvalue weighted by atomic mass is 10.2. The van der Waals surface area contributed by atoms with E-state index in [9.17, 15) is 0 Å². The van der Waals surface area contributed by atoms with Gasteiger partial charge in [-0.25, -0.2) is 4.98 Å². The predicted molar refractivity (Wildman–Crippen MR) is 88.1 cm³/mol. The maximum atomic E-state index is 5.65. The summed E-state index contributed by atoms with van der Waals surface area (Å²) in [4.78, 5) is 10.9. The smallest absolute Gasteiger partial charge is 0.233 e. The van der Waals surface area contributed by atoms with Crippen LogP contribution in [0.25, 0.3) is 0 Å². The van der Waals surface area contributed by atoms with Crippen molar-refractivity contribution in [3.05, 3.63) is 40.5 Å². The van der Waals surface area contributed by atoms with Crippen molar-refractivity contribution < 1.29 is 4.74 Å². The molecule has 1 aromatic heterocycles. The summed E-state index contributed by atoms with van der Waals surface area (Å²) >= 11 is 3.37. The zero-order valence-electron chi connectivity index (χ0n) is 12.2. The highest BCUT2D eigenvalue weighted by molar-refractivity contribution is 9.10. The first-order chi connectivity index (χ1) is 10.2. The molecule has 0 saturated heterocycles. The van der Waals surface area contributed by atoms with Crippen molar-refractivity contribution in [3.63, 3.8) is 0 Å². The van der Waals surface area contributed by atoms with E-state index in [-0.39, 0.29) is 0 Å². The fraction of sp³-hybridized carbons (Fsp3) is 0.333. The average molecular weight is 351 g/mol. The van der Waals surface area contributed by atoms with Crippen LogP contribution in [-0.2, 0) is 0 Å². The van der Waals surface area contributed by atoms with Crippen LogP contribution in [0.2, 0.25) is 0 Å². The van der Waals surface area contributed by atoms with Crippen LogP contribution in [0.4, 0.5) is 11.6 Å². The molecular weight excluding hydrogens is 332 g/mol. The van der Waals surface area contributed by atoms with Crippen LogP contribution in [0.1, 0.15) is 12.0 Å². The topological polar surface area (TPSA) is 64.3 Å². The molecule has 0 unspecified atom stereocenters. The minimum atomic E-state index is 0.520. The maximum absolute atomic E-state index is 5.65. The molecule has 21 heavy (non-hydrogen) atoms. The number of para-hydroxylation sites is 1. The van der Waals surface area contributed by atoms with Crippen LogP contribution in [0.15, 0.2) is 34.9 Å². The molecule has 1 heterocycles. The van der Waals surface area contributed by atoms with Crippen molar-refractivity contribution in [2.24, 2.45) is 5.73 Å². The van der Waals surface area contributed by atoms with Crippen LogP contribution in [-0.4, -0.2) is 30.2 Å². The molecule has 0 bridgehead atoms. The van der Waals surface area contributed by atoms with Gasteiger partial charge in [0.05, 0.1) is 17.8 Å². The van der Waals surface area contributed by atoms with Gasteiger partial charge in [0, 0.05) is 12.2 Å². The Bertz CT molecular complexity index is 606. The van der Waals surface area contributed by atoms with Crippen LogP contribution < -0.4 is 15.4 Å². The molecule has 0 aliphatic heterocycles. The van der Waals surface area contributed by atoms with Gasteiger partial charge in [0.1, 0.15) is 0 Å². The molecule has 1 aromatic carbocycles. The van der Waals surface area contributed by atoms with Crippen LogP contribution >= 0.6 is 15.9 Å². The Balaban J connectivity index is 2.43. The lowest BCUT2D eigenvalue weighted by Crippen LogP contribution is -2.23. The van der Waals surface area contributed by atoms with Crippen molar-refractivity contribution in [2.45, 2.75) is 13.3 Å². The van der Waals surface area contributed by atoms with E-state index in [1.165, 1.54) is 5.56 Å². The molecule has 0 fully saturated rings. The molecule has 0 spiro atoms. The third-order valence-corrected chi connectivity index (χ3v) is 3.67. The first kappa shape index (κ1) is 15.7. The minimum absolute atomic E-state index is 0.520. The van der Waals surface area contributed by atoms with Gasteiger partial charge in [0.2, 0.25) is 11.8 Å². The summed E-state index contributed by atoms with van der Waals surface area (Å²) in [6, 6.07) is 8.15. The molecule has 6 heteroatoms. The summed E-state index contributed by atoms with van der Waals surface area (Å²) in [5.41, 5.74) is 7.90. The number of hydrogen-bond acceptors (Lipinski definition) is 5. The van der Waals surface area contributed by atoms with Gasteiger partial charge in [-0.05, 0) is 47.4 Å². The second-order valence-electron chi connectivity index (χ2n) is 4.61. The quantitative estimate of drug-likeness (QED) is 0.867. The highest BCUT2D eigenvalue weighted by Gasteiger charge is 2.15. The van der Waals surface area contributed by atoms with Gasteiger partial charge in [-0.2, -0.15) is 4.98 Å². The first-order valence-corrected chi connectivity index (χ1v) is 7.56. The van der Waals surface area contributed by atoms with Crippen molar-refractivity contribution >= 4 is 27.6 Å². The van der Waals surface area contributed by atoms with E-state index in [4.69, 9.17) is 10.5 Å². The Kier molecular flexibility index (Phi) is 5.52. The van der Waals surface area contributed by atoms with Gasteiger partial charge < -0.3 is 15.4 Å². The van der Waals surface area contributed by atoms with E-state index in [1.54, 1.807) is 13.3 Å². The lowest BCUT2D eigenvalue weighted by Gasteiger charge is -2.24. The number of rotatable bonds is 6. The van der Waals surface area contributed by atoms with Gasteiger partial charge >= 0.3 is 0 Å². The predicted octanol–water partition coefficient (Wildman–Crippen LogP) is 3.04. The Labute approximate surface area is 133 Å². The monoisotopic (exact) mass is 350 g/mol. The molecule has 0 atom stereocenters. The molecule has 0 aliphatic rings.